The second kappa shape index (κ2) is 8.10. The Bertz CT molecular complexity index is 731. The fourth-order valence-corrected chi connectivity index (χ4v) is 3.47. The molecule has 1 aromatic heterocycles. The Morgan fingerprint density at radius 1 is 1.48 bits per heavy atom. The van der Waals surface area contributed by atoms with Gasteiger partial charge in [0.2, 0.25) is 17.6 Å². The number of benzene rings is 1. The molecule has 25 heavy (non-hydrogen) atoms. The lowest BCUT2D eigenvalue weighted by Gasteiger charge is -2.31. The molecule has 2 aromatic rings. The fraction of sp³-hybridized carbons (Fsp3) is 0.500. The maximum Gasteiger partial charge on any atom is 0.241 e. The van der Waals surface area contributed by atoms with Crippen molar-refractivity contribution in [2.75, 3.05) is 13.1 Å². The summed E-state index contributed by atoms with van der Waals surface area (Å²) in [5, 5.41) is 7.08. The first kappa shape index (κ1) is 18.1. The average molecular weight is 407 g/mol. The van der Waals surface area contributed by atoms with E-state index < -0.39 is 0 Å². The topological polar surface area (TPSA) is 71.3 Å². The highest BCUT2D eigenvalue weighted by molar-refractivity contribution is 9.10. The molecule has 0 spiro atoms. The summed E-state index contributed by atoms with van der Waals surface area (Å²) in [5.74, 6) is 1.34. The molecule has 0 aliphatic carbocycles. The lowest BCUT2D eigenvalue weighted by atomic mass is 9.97. The lowest BCUT2D eigenvalue weighted by Crippen LogP contribution is -2.44. The highest BCUT2D eigenvalue weighted by atomic mass is 79.9. The molecule has 3 rings (SSSR count). The van der Waals surface area contributed by atoms with Crippen molar-refractivity contribution in [1.82, 2.24) is 20.4 Å². The van der Waals surface area contributed by atoms with E-state index in [0.717, 1.165) is 36.0 Å². The highest BCUT2D eigenvalue weighted by Gasteiger charge is 2.27. The zero-order valence-corrected chi connectivity index (χ0v) is 16.1. The first-order valence-electron chi connectivity index (χ1n) is 8.62. The number of halogens is 1. The van der Waals surface area contributed by atoms with Crippen LogP contribution in [0.25, 0.3) is 11.4 Å². The zero-order valence-electron chi connectivity index (χ0n) is 14.5. The maximum atomic E-state index is 12.2. The highest BCUT2D eigenvalue weighted by Crippen LogP contribution is 2.22. The van der Waals surface area contributed by atoms with Crippen LogP contribution in [0.1, 0.15) is 32.6 Å². The Morgan fingerprint density at radius 2 is 2.32 bits per heavy atom. The summed E-state index contributed by atoms with van der Waals surface area (Å²) in [6.45, 7) is 6.22. The van der Waals surface area contributed by atoms with Crippen molar-refractivity contribution in [2.24, 2.45) is 5.92 Å². The monoisotopic (exact) mass is 406 g/mol. The van der Waals surface area contributed by atoms with Gasteiger partial charge < -0.3 is 9.84 Å². The van der Waals surface area contributed by atoms with Crippen LogP contribution in [-0.2, 0) is 11.3 Å². The molecule has 1 saturated heterocycles. The summed E-state index contributed by atoms with van der Waals surface area (Å²) in [5.41, 5.74) is 0.914. The molecule has 1 aliphatic rings. The summed E-state index contributed by atoms with van der Waals surface area (Å²) in [6, 6.07) is 7.99. The SMILES string of the molecule is CC(C)NC(=O)C1CCCN(Cc2nc(-c3cccc(Br)c3)no2)C1. The van der Waals surface area contributed by atoms with Gasteiger partial charge in [-0.1, -0.05) is 33.2 Å². The summed E-state index contributed by atoms with van der Waals surface area (Å²) in [7, 11) is 0. The smallest absolute Gasteiger partial charge is 0.241 e. The molecule has 1 N–H and O–H groups in total. The number of nitrogens with zero attached hydrogens (tertiary/aromatic N) is 3. The number of likely N-dealkylation sites (tertiary alicyclic amines) is 1. The number of nitrogens with one attached hydrogen (secondary N) is 1. The van der Waals surface area contributed by atoms with E-state index in [-0.39, 0.29) is 17.9 Å². The Hall–Kier alpha value is -1.73. The van der Waals surface area contributed by atoms with Gasteiger partial charge in [0.1, 0.15) is 0 Å². The Kier molecular flexibility index (Phi) is 5.86. The Morgan fingerprint density at radius 3 is 3.08 bits per heavy atom. The molecule has 1 amide bonds. The van der Waals surface area contributed by atoms with E-state index >= 15 is 0 Å². The second-order valence-corrected chi connectivity index (χ2v) is 7.68. The summed E-state index contributed by atoms with van der Waals surface area (Å²) < 4.78 is 6.38. The number of amides is 1. The summed E-state index contributed by atoms with van der Waals surface area (Å²) in [4.78, 5) is 18.9. The third-order valence-corrected chi connectivity index (χ3v) is 4.71. The molecular formula is C18H23BrN4O2. The minimum Gasteiger partial charge on any atom is -0.354 e. The third-order valence-electron chi connectivity index (χ3n) is 4.22. The normalized spacial score (nSPS) is 18.5. The lowest BCUT2D eigenvalue weighted by molar-refractivity contribution is -0.127. The van der Waals surface area contributed by atoms with Crippen LogP contribution in [0.4, 0.5) is 0 Å². The molecule has 6 nitrogen and oxygen atoms in total. The van der Waals surface area contributed by atoms with E-state index in [1.54, 1.807) is 0 Å². The van der Waals surface area contributed by atoms with E-state index in [1.807, 2.05) is 38.1 Å². The number of carbonyl (C=O) groups excluding carboxylic acids is 1. The fourth-order valence-electron chi connectivity index (χ4n) is 3.07. The van der Waals surface area contributed by atoms with Crippen molar-refractivity contribution in [1.29, 1.82) is 0 Å². The molecule has 2 heterocycles. The second-order valence-electron chi connectivity index (χ2n) is 6.76. The maximum absolute atomic E-state index is 12.2. The molecule has 1 unspecified atom stereocenters. The summed E-state index contributed by atoms with van der Waals surface area (Å²) in [6.07, 6.45) is 1.94. The number of piperidine rings is 1. The van der Waals surface area contributed by atoms with E-state index in [9.17, 15) is 4.79 Å². The van der Waals surface area contributed by atoms with E-state index in [2.05, 4.69) is 36.3 Å². The Labute approximate surface area is 156 Å². The average Bonchev–Trinajstić information content (AvgIpc) is 3.03. The van der Waals surface area contributed by atoms with Crippen LogP contribution in [0.15, 0.2) is 33.3 Å². The number of rotatable bonds is 5. The molecule has 1 aromatic carbocycles. The van der Waals surface area contributed by atoms with E-state index in [1.165, 1.54) is 0 Å². The quantitative estimate of drug-likeness (QED) is 0.824. The predicted octanol–water partition coefficient (Wildman–Crippen LogP) is 3.24. The van der Waals surface area contributed by atoms with Crippen LogP contribution in [0.5, 0.6) is 0 Å². The van der Waals surface area contributed by atoms with Gasteiger partial charge in [-0.2, -0.15) is 4.98 Å². The molecule has 0 radical (unpaired) electrons. The van der Waals surface area contributed by atoms with Crippen LogP contribution in [0.2, 0.25) is 0 Å². The summed E-state index contributed by atoms with van der Waals surface area (Å²) >= 11 is 3.45. The molecule has 0 saturated carbocycles. The molecule has 1 fully saturated rings. The van der Waals surface area contributed by atoms with E-state index in [4.69, 9.17) is 4.52 Å². The van der Waals surface area contributed by atoms with Crippen molar-refractivity contribution >= 4 is 21.8 Å². The molecule has 7 heteroatoms. The van der Waals surface area contributed by atoms with E-state index in [0.29, 0.717) is 18.3 Å². The van der Waals surface area contributed by atoms with Crippen molar-refractivity contribution in [3.8, 4) is 11.4 Å². The van der Waals surface area contributed by atoms with Gasteiger partial charge in [0.25, 0.3) is 0 Å². The largest absolute Gasteiger partial charge is 0.354 e. The van der Waals surface area contributed by atoms with Gasteiger partial charge in [-0.15, -0.1) is 0 Å². The molecule has 0 bridgehead atoms. The van der Waals surface area contributed by atoms with Gasteiger partial charge in [0.05, 0.1) is 12.5 Å². The number of hydrogen-bond donors (Lipinski definition) is 1. The molecule has 1 atom stereocenters. The molecular weight excluding hydrogens is 384 g/mol. The Balaban J connectivity index is 1.62. The van der Waals surface area contributed by atoms with Crippen LogP contribution in [0.3, 0.4) is 0 Å². The number of hydrogen-bond acceptors (Lipinski definition) is 5. The van der Waals surface area contributed by atoms with Gasteiger partial charge in [-0.05, 0) is 45.4 Å². The van der Waals surface area contributed by atoms with Gasteiger partial charge in [0, 0.05) is 22.6 Å². The minimum absolute atomic E-state index is 0.0311. The van der Waals surface area contributed by atoms with Crippen LogP contribution >= 0.6 is 15.9 Å². The first-order chi connectivity index (χ1) is 12.0. The molecule has 1 aliphatic heterocycles. The first-order valence-corrected chi connectivity index (χ1v) is 9.42. The van der Waals surface area contributed by atoms with Gasteiger partial charge in [0.15, 0.2) is 0 Å². The standard InChI is InChI=1S/C18H23BrN4O2/c1-12(2)20-18(24)14-6-4-8-23(10-14)11-16-21-17(22-25-16)13-5-3-7-15(19)9-13/h3,5,7,9,12,14H,4,6,8,10-11H2,1-2H3,(H,20,24). The number of aromatic nitrogens is 2. The van der Waals surface area contributed by atoms with Crippen LogP contribution < -0.4 is 5.32 Å². The van der Waals surface area contributed by atoms with Crippen molar-refractivity contribution in [3.63, 3.8) is 0 Å². The van der Waals surface area contributed by atoms with Gasteiger partial charge in [-0.3, -0.25) is 9.69 Å². The van der Waals surface area contributed by atoms with Crippen molar-refractivity contribution in [3.05, 3.63) is 34.6 Å². The zero-order chi connectivity index (χ0) is 17.8. The number of carbonyl (C=O) groups is 1. The van der Waals surface area contributed by atoms with Crippen LogP contribution in [-0.4, -0.2) is 40.1 Å². The third kappa shape index (κ3) is 4.89. The van der Waals surface area contributed by atoms with Crippen LogP contribution in [0, 0.1) is 5.92 Å². The van der Waals surface area contributed by atoms with Gasteiger partial charge in [-0.25, -0.2) is 0 Å². The predicted molar refractivity (Wildman–Crippen MR) is 98.7 cm³/mol. The van der Waals surface area contributed by atoms with Crippen molar-refractivity contribution < 1.29 is 9.32 Å². The minimum atomic E-state index is 0.0311. The van der Waals surface area contributed by atoms with Gasteiger partial charge >= 0.3 is 0 Å². The van der Waals surface area contributed by atoms with Crippen molar-refractivity contribution in [2.45, 2.75) is 39.3 Å². The molecule has 134 valence electrons.